The Morgan fingerprint density at radius 1 is 1.53 bits per heavy atom. The highest BCUT2D eigenvalue weighted by molar-refractivity contribution is 9.11. The molecule has 1 saturated heterocycles. The van der Waals surface area contributed by atoms with Crippen LogP contribution in [-0.4, -0.2) is 28.1 Å². The highest BCUT2D eigenvalue weighted by Crippen LogP contribution is 2.25. The van der Waals surface area contributed by atoms with Gasteiger partial charge in [-0.05, 0) is 59.9 Å². The van der Waals surface area contributed by atoms with Gasteiger partial charge < -0.3 is 5.32 Å². The number of rotatable bonds is 5. The van der Waals surface area contributed by atoms with Gasteiger partial charge >= 0.3 is 0 Å². The molecule has 2 rings (SSSR count). The van der Waals surface area contributed by atoms with Crippen molar-refractivity contribution >= 4 is 37.3 Å². The second-order valence-corrected chi connectivity index (χ2v) is 8.56. The third-order valence-corrected chi connectivity index (χ3v) is 6.40. The van der Waals surface area contributed by atoms with Gasteiger partial charge in [0.2, 0.25) is 10.0 Å². The first-order chi connectivity index (χ1) is 8.08. The maximum atomic E-state index is 11.9. The molecule has 1 aromatic rings. The van der Waals surface area contributed by atoms with E-state index in [0.29, 0.717) is 16.7 Å². The molecule has 0 amide bonds. The predicted octanol–water partition coefficient (Wildman–Crippen LogP) is 1.79. The van der Waals surface area contributed by atoms with Crippen molar-refractivity contribution in [1.29, 1.82) is 0 Å². The molecule has 4 nitrogen and oxygen atoms in total. The molecule has 0 radical (unpaired) electrons. The molecule has 1 aromatic heterocycles. The van der Waals surface area contributed by atoms with E-state index in [1.54, 1.807) is 12.1 Å². The number of thiophene rings is 1. The van der Waals surface area contributed by atoms with Crippen LogP contribution in [0.1, 0.15) is 12.8 Å². The number of hydrogen-bond donors (Lipinski definition) is 2. The third kappa shape index (κ3) is 3.75. The van der Waals surface area contributed by atoms with Gasteiger partial charge in [0.1, 0.15) is 4.21 Å². The van der Waals surface area contributed by atoms with E-state index in [0.717, 1.165) is 29.7 Å². The molecule has 2 N–H and O–H groups in total. The SMILES string of the molecule is O=S(=O)(NCCC1CCNC1)c1ccc(Br)s1. The van der Waals surface area contributed by atoms with Crippen LogP contribution in [0.3, 0.4) is 0 Å². The van der Waals surface area contributed by atoms with E-state index in [1.165, 1.54) is 11.3 Å². The zero-order valence-electron chi connectivity index (χ0n) is 9.28. The third-order valence-electron chi connectivity index (χ3n) is 2.82. The first-order valence-electron chi connectivity index (χ1n) is 5.53. The minimum atomic E-state index is -3.31. The Bertz CT molecular complexity index is 466. The second kappa shape index (κ2) is 5.79. The molecule has 7 heteroatoms. The normalized spacial score (nSPS) is 20.9. The molecule has 0 aromatic carbocycles. The first-order valence-corrected chi connectivity index (χ1v) is 8.63. The molecule has 0 bridgehead atoms. The van der Waals surface area contributed by atoms with Crippen LogP contribution >= 0.6 is 27.3 Å². The molecule has 0 aliphatic carbocycles. The summed E-state index contributed by atoms with van der Waals surface area (Å²) in [7, 11) is -3.31. The van der Waals surface area contributed by atoms with E-state index in [9.17, 15) is 8.42 Å². The van der Waals surface area contributed by atoms with Crippen molar-refractivity contribution in [1.82, 2.24) is 10.0 Å². The van der Waals surface area contributed by atoms with Gasteiger partial charge in [0, 0.05) is 6.54 Å². The Morgan fingerprint density at radius 2 is 2.35 bits per heavy atom. The van der Waals surface area contributed by atoms with Gasteiger partial charge in [-0.3, -0.25) is 0 Å². The molecule has 96 valence electrons. The van der Waals surface area contributed by atoms with E-state index < -0.39 is 10.0 Å². The molecule has 2 heterocycles. The van der Waals surface area contributed by atoms with E-state index in [4.69, 9.17) is 0 Å². The minimum absolute atomic E-state index is 0.369. The number of hydrogen-bond acceptors (Lipinski definition) is 4. The Balaban J connectivity index is 1.85. The monoisotopic (exact) mass is 338 g/mol. The van der Waals surface area contributed by atoms with Gasteiger partial charge in [0.05, 0.1) is 3.79 Å². The van der Waals surface area contributed by atoms with Crippen molar-refractivity contribution < 1.29 is 8.42 Å². The maximum Gasteiger partial charge on any atom is 0.250 e. The van der Waals surface area contributed by atoms with Crippen LogP contribution in [0.4, 0.5) is 0 Å². The van der Waals surface area contributed by atoms with Gasteiger partial charge in [-0.25, -0.2) is 13.1 Å². The van der Waals surface area contributed by atoms with E-state index in [2.05, 4.69) is 26.0 Å². The maximum absolute atomic E-state index is 11.9. The van der Waals surface area contributed by atoms with Crippen LogP contribution < -0.4 is 10.0 Å². The summed E-state index contributed by atoms with van der Waals surface area (Å²) in [5.74, 6) is 0.604. The molecule has 1 aliphatic heterocycles. The molecule has 17 heavy (non-hydrogen) atoms. The van der Waals surface area contributed by atoms with Gasteiger partial charge in [-0.15, -0.1) is 11.3 Å². The average molecular weight is 339 g/mol. The van der Waals surface area contributed by atoms with Gasteiger partial charge in [-0.2, -0.15) is 0 Å². The van der Waals surface area contributed by atoms with Crippen LogP contribution in [0.2, 0.25) is 0 Å². The molecule has 1 fully saturated rings. The number of nitrogens with one attached hydrogen (secondary N) is 2. The quantitative estimate of drug-likeness (QED) is 0.860. The van der Waals surface area contributed by atoms with Crippen molar-refractivity contribution in [3.05, 3.63) is 15.9 Å². The number of sulfonamides is 1. The fraction of sp³-hybridized carbons (Fsp3) is 0.600. The standard InChI is InChI=1S/C10H15BrN2O2S2/c11-9-1-2-10(16-9)17(14,15)13-6-4-8-3-5-12-7-8/h1-2,8,12-13H,3-7H2. The fourth-order valence-corrected chi connectivity index (χ4v) is 4.97. The average Bonchev–Trinajstić information content (AvgIpc) is 2.89. The summed E-state index contributed by atoms with van der Waals surface area (Å²) in [6, 6.07) is 3.37. The highest BCUT2D eigenvalue weighted by Gasteiger charge is 2.18. The lowest BCUT2D eigenvalue weighted by Crippen LogP contribution is -2.26. The molecule has 1 atom stereocenters. The van der Waals surface area contributed by atoms with E-state index in [-0.39, 0.29) is 0 Å². The van der Waals surface area contributed by atoms with E-state index in [1.807, 2.05) is 0 Å². The van der Waals surface area contributed by atoms with Gasteiger partial charge in [0.15, 0.2) is 0 Å². The van der Waals surface area contributed by atoms with Crippen LogP contribution in [0.15, 0.2) is 20.1 Å². The predicted molar refractivity (Wildman–Crippen MR) is 72.8 cm³/mol. The summed E-state index contributed by atoms with van der Waals surface area (Å²) in [5.41, 5.74) is 0. The molecule has 1 unspecified atom stereocenters. The van der Waals surface area contributed by atoms with E-state index >= 15 is 0 Å². The van der Waals surface area contributed by atoms with Crippen molar-refractivity contribution in [2.75, 3.05) is 19.6 Å². The topological polar surface area (TPSA) is 58.2 Å². The minimum Gasteiger partial charge on any atom is -0.316 e. The molecular formula is C10H15BrN2O2S2. The summed E-state index contributed by atoms with van der Waals surface area (Å²) < 4.78 is 27.6. The Morgan fingerprint density at radius 3 is 2.94 bits per heavy atom. The molecular weight excluding hydrogens is 324 g/mol. The van der Waals surface area contributed by atoms with Crippen LogP contribution in [0.5, 0.6) is 0 Å². The Hall–Kier alpha value is 0.0500. The van der Waals surface area contributed by atoms with Crippen LogP contribution in [0.25, 0.3) is 0 Å². The summed E-state index contributed by atoms with van der Waals surface area (Å²) in [6.45, 7) is 2.58. The molecule has 0 spiro atoms. The number of halogens is 1. The van der Waals surface area contributed by atoms with Gasteiger partial charge in [0.25, 0.3) is 0 Å². The largest absolute Gasteiger partial charge is 0.316 e. The van der Waals surface area contributed by atoms with Crippen molar-refractivity contribution in [3.63, 3.8) is 0 Å². The zero-order chi connectivity index (χ0) is 12.3. The lowest BCUT2D eigenvalue weighted by Gasteiger charge is -2.08. The summed E-state index contributed by atoms with van der Waals surface area (Å²) in [6.07, 6.45) is 2.05. The van der Waals surface area contributed by atoms with Crippen LogP contribution in [-0.2, 0) is 10.0 Å². The van der Waals surface area contributed by atoms with Gasteiger partial charge in [-0.1, -0.05) is 0 Å². The second-order valence-electron chi connectivity index (χ2n) is 4.10. The highest BCUT2D eigenvalue weighted by atomic mass is 79.9. The first kappa shape index (κ1) is 13.5. The fourth-order valence-electron chi connectivity index (χ4n) is 1.87. The lowest BCUT2D eigenvalue weighted by atomic mass is 10.1. The van der Waals surface area contributed by atoms with Crippen molar-refractivity contribution in [2.24, 2.45) is 5.92 Å². The zero-order valence-corrected chi connectivity index (χ0v) is 12.5. The summed E-state index contributed by atoms with van der Waals surface area (Å²) in [4.78, 5) is 0. The lowest BCUT2D eigenvalue weighted by molar-refractivity contribution is 0.520. The van der Waals surface area contributed by atoms with Crippen molar-refractivity contribution in [3.8, 4) is 0 Å². The Labute approximate surface area is 114 Å². The van der Waals surface area contributed by atoms with Crippen LogP contribution in [0, 0.1) is 5.92 Å². The Kier molecular flexibility index (Phi) is 4.59. The summed E-state index contributed by atoms with van der Waals surface area (Å²) in [5, 5.41) is 3.27. The molecule has 0 saturated carbocycles. The van der Waals surface area contributed by atoms with Crippen molar-refractivity contribution in [2.45, 2.75) is 17.1 Å². The summed E-state index contributed by atoms with van der Waals surface area (Å²) >= 11 is 4.50. The molecule has 1 aliphatic rings. The smallest absolute Gasteiger partial charge is 0.250 e.